The maximum Gasteiger partial charge on any atom is 0.191 e. The molecule has 0 fully saturated rings. The monoisotopic (exact) mass is 383 g/mol. The Morgan fingerprint density at radius 2 is 1.81 bits per heavy atom. The number of Topliss-reactive ketones (excluding diaryl/α,β-unsaturated/α-hetero) is 1. The van der Waals surface area contributed by atoms with Crippen LogP contribution in [0.4, 0.5) is 0 Å². The highest BCUT2D eigenvalue weighted by atomic mass is 32.2. The lowest BCUT2D eigenvalue weighted by Crippen LogP contribution is -1.98. The van der Waals surface area contributed by atoms with Gasteiger partial charge in [0.05, 0.1) is 14.2 Å². The molecule has 3 aromatic rings. The molecule has 6 nitrogen and oxygen atoms in total. The van der Waals surface area contributed by atoms with E-state index in [1.54, 1.807) is 39.0 Å². The first-order chi connectivity index (χ1) is 13.0. The van der Waals surface area contributed by atoms with Gasteiger partial charge in [-0.2, -0.15) is 0 Å². The van der Waals surface area contributed by atoms with E-state index in [0.717, 1.165) is 33.6 Å². The summed E-state index contributed by atoms with van der Waals surface area (Å²) in [5, 5.41) is 9.40. The molecule has 1 aromatic heterocycles. The number of carbonyl (C=O) groups excluding carboxylic acids is 1. The lowest BCUT2D eigenvalue weighted by atomic mass is 10.1. The van der Waals surface area contributed by atoms with E-state index in [1.165, 1.54) is 0 Å². The summed E-state index contributed by atoms with van der Waals surface area (Å²) in [5.41, 5.74) is 2.58. The van der Waals surface area contributed by atoms with Gasteiger partial charge in [-0.25, -0.2) is 0 Å². The maximum absolute atomic E-state index is 11.6. The van der Waals surface area contributed by atoms with Crippen LogP contribution in [-0.4, -0.2) is 34.8 Å². The van der Waals surface area contributed by atoms with E-state index in [9.17, 15) is 4.79 Å². The minimum atomic E-state index is 0.0318. The van der Waals surface area contributed by atoms with Gasteiger partial charge >= 0.3 is 0 Å². The zero-order valence-corrected chi connectivity index (χ0v) is 16.5. The van der Waals surface area contributed by atoms with Crippen molar-refractivity contribution >= 4 is 17.5 Å². The first kappa shape index (κ1) is 19.0. The molecule has 0 atom stereocenters. The van der Waals surface area contributed by atoms with Crippen molar-refractivity contribution in [3.63, 3.8) is 0 Å². The van der Waals surface area contributed by atoms with Gasteiger partial charge in [0.2, 0.25) is 0 Å². The molecule has 0 N–H and O–H groups in total. The second-order valence-electron chi connectivity index (χ2n) is 5.97. The van der Waals surface area contributed by atoms with Gasteiger partial charge in [0, 0.05) is 29.5 Å². The van der Waals surface area contributed by atoms with Crippen LogP contribution in [0.15, 0.2) is 47.6 Å². The van der Waals surface area contributed by atoms with Crippen molar-refractivity contribution in [1.82, 2.24) is 14.8 Å². The Labute approximate surface area is 162 Å². The van der Waals surface area contributed by atoms with Crippen molar-refractivity contribution in [1.29, 1.82) is 0 Å². The van der Waals surface area contributed by atoms with Crippen LogP contribution >= 0.6 is 11.8 Å². The number of ether oxygens (including phenoxy) is 2. The Morgan fingerprint density at radius 3 is 2.44 bits per heavy atom. The Bertz CT molecular complexity index is 952. The highest BCUT2D eigenvalue weighted by Crippen LogP contribution is 2.30. The molecular weight excluding hydrogens is 362 g/mol. The number of benzene rings is 2. The maximum atomic E-state index is 11.6. The number of nitrogens with zero attached hydrogens (tertiary/aromatic N) is 3. The van der Waals surface area contributed by atoms with Gasteiger partial charge in [-0.05, 0) is 49.4 Å². The van der Waals surface area contributed by atoms with Crippen molar-refractivity contribution in [3.05, 3.63) is 53.6 Å². The van der Waals surface area contributed by atoms with E-state index >= 15 is 0 Å². The molecule has 0 aliphatic heterocycles. The van der Waals surface area contributed by atoms with E-state index in [1.807, 2.05) is 48.0 Å². The largest absolute Gasteiger partial charge is 0.497 e. The Balaban J connectivity index is 1.80. The van der Waals surface area contributed by atoms with Crippen molar-refractivity contribution in [2.75, 3.05) is 14.2 Å². The molecule has 1 heterocycles. The van der Waals surface area contributed by atoms with Gasteiger partial charge in [0.15, 0.2) is 16.8 Å². The predicted octanol–water partition coefficient (Wildman–Crippen LogP) is 3.99. The Morgan fingerprint density at radius 1 is 1.07 bits per heavy atom. The van der Waals surface area contributed by atoms with E-state index in [4.69, 9.17) is 9.47 Å². The molecule has 27 heavy (non-hydrogen) atoms. The van der Waals surface area contributed by atoms with Gasteiger partial charge < -0.3 is 14.0 Å². The summed E-state index contributed by atoms with van der Waals surface area (Å²) in [6.07, 6.45) is 0. The first-order valence-electron chi connectivity index (χ1n) is 8.38. The van der Waals surface area contributed by atoms with E-state index in [2.05, 4.69) is 10.2 Å². The fraction of sp³-hybridized carbons (Fsp3) is 0.250. The molecule has 0 unspecified atom stereocenters. The third-order valence-electron chi connectivity index (χ3n) is 4.23. The number of carbonyl (C=O) groups is 1. The molecule has 140 valence electrons. The Hall–Kier alpha value is -2.80. The lowest BCUT2D eigenvalue weighted by molar-refractivity contribution is 0.101. The molecule has 0 saturated heterocycles. The number of ketones is 1. The summed E-state index contributed by atoms with van der Waals surface area (Å²) in [4.78, 5) is 11.6. The zero-order chi connectivity index (χ0) is 19.4. The standard InChI is InChI=1S/C20H21N3O3S/c1-13(24)15-7-10-18(26-4)16(11-15)12-27-20-22-21-19(23(20)2)14-5-8-17(25-3)9-6-14/h5-11H,12H2,1-4H3. The molecule has 3 rings (SSSR count). The summed E-state index contributed by atoms with van der Waals surface area (Å²) in [7, 11) is 5.20. The molecule has 0 saturated carbocycles. The number of thioether (sulfide) groups is 1. The van der Waals surface area contributed by atoms with Crippen molar-refractivity contribution in [2.45, 2.75) is 17.8 Å². The van der Waals surface area contributed by atoms with Crippen molar-refractivity contribution < 1.29 is 14.3 Å². The molecule has 0 aliphatic rings. The lowest BCUT2D eigenvalue weighted by Gasteiger charge is -2.10. The van der Waals surface area contributed by atoms with Crippen molar-refractivity contribution in [2.24, 2.45) is 7.05 Å². The van der Waals surface area contributed by atoms with E-state index in [-0.39, 0.29) is 5.78 Å². The van der Waals surface area contributed by atoms with Crippen LogP contribution in [0.25, 0.3) is 11.4 Å². The molecule has 0 spiro atoms. The number of hydrogen-bond acceptors (Lipinski definition) is 6. The van der Waals surface area contributed by atoms with Gasteiger partial charge in [-0.3, -0.25) is 4.79 Å². The zero-order valence-electron chi connectivity index (χ0n) is 15.7. The van der Waals surface area contributed by atoms with Crippen LogP contribution in [0.1, 0.15) is 22.8 Å². The van der Waals surface area contributed by atoms with Gasteiger partial charge in [-0.15, -0.1) is 10.2 Å². The number of methoxy groups -OCH3 is 2. The third-order valence-corrected chi connectivity index (χ3v) is 5.30. The topological polar surface area (TPSA) is 66.2 Å². The quantitative estimate of drug-likeness (QED) is 0.454. The molecule has 0 radical (unpaired) electrons. The highest BCUT2D eigenvalue weighted by molar-refractivity contribution is 7.98. The minimum absolute atomic E-state index is 0.0318. The van der Waals surface area contributed by atoms with E-state index in [0.29, 0.717) is 11.3 Å². The minimum Gasteiger partial charge on any atom is -0.497 e. The Kier molecular flexibility index (Phi) is 5.81. The van der Waals surface area contributed by atoms with Crippen LogP contribution in [0.3, 0.4) is 0 Å². The SMILES string of the molecule is COc1ccc(-c2nnc(SCc3cc(C(C)=O)ccc3OC)n2C)cc1. The van der Waals surface area contributed by atoms with Crippen molar-refractivity contribution in [3.8, 4) is 22.9 Å². The summed E-state index contributed by atoms with van der Waals surface area (Å²) < 4.78 is 12.6. The summed E-state index contributed by atoms with van der Waals surface area (Å²) in [5.74, 6) is 2.99. The molecule has 2 aromatic carbocycles. The smallest absolute Gasteiger partial charge is 0.191 e. The van der Waals surface area contributed by atoms with Gasteiger partial charge in [-0.1, -0.05) is 11.8 Å². The molecule has 0 amide bonds. The third kappa shape index (κ3) is 4.14. The fourth-order valence-corrected chi connectivity index (χ4v) is 3.57. The average molecular weight is 383 g/mol. The van der Waals surface area contributed by atoms with Crippen LogP contribution in [-0.2, 0) is 12.8 Å². The second kappa shape index (κ2) is 8.26. The van der Waals surface area contributed by atoms with Crippen LogP contribution in [0.2, 0.25) is 0 Å². The highest BCUT2D eigenvalue weighted by Gasteiger charge is 2.14. The second-order valence-corrected chi connectivity index (χ2v) is 6.91. The van der Waals surface area contributed by atoms with Crippen LogP contribution in [0.5, 0.6) is 11.5 Å². The number of hydrogen-bond donors (Lipinski definition) is 0. The normalized spacial score (nSPS) is 10.7. The fourth-order valence-electron chi connectivity index (χ4n) is 2.68. The van der Waals surface area contributed by atoms with Gasteiger partial charge in [0.1, 0.15) is 11.5 Å². The number of aromatic nitrogens is 3. The summed E-state index contributed by atoms with van der Waals surface area (Å²) >= 11 is 1.55. The van der Waals surface area contributed by atoms with Crippen LogP contribution in [0, 0.1) is 0 Å². The average Bonchev–Trinajstić information content (AvgIpc) is 3.06. The van der Waals surface area contributed by atoms with Crippen LogP contribution < -0.4 is 9.47 Å². The molecule has 0 aliphatic carbocycles. The summed E-state index contributed by atoms with van der Waals surface area (Å²) in [6.45, 7) is 1.56. The first-order valence-corrected chi connectivity index (χ1v) is 9.36. The molecule has 7 heteroatoms. The molecular formula is C20H21N3O3S. The predicted molar refractivity (Wildman–Crippen MR) is 106 cm³/mol. The van der Waals surface area contributed by atoms with Gasteiger partial charge in [0.25, 0.3) is 0 Å². The van der Waals surface area contributed by atoms with E-state index < -0.39 is 0 Å². The molecule has 0 bridgehead atoms. The number of rotatable bonds is 7. The summed E-state index contributed by atoms with van der Waals surface area (Å²) in [6, 6.07) is 13.2.